The average Bonchev–Trinajstić information content (AvgIpc) is 2.22. The van der Waals surface area contributed by atoms with Crippen molar-refractivity contribution in [2.24, 2.45) is 0 Å². The van der Waals surface area contributed by atoms with Gasteiger partial charge in [-0.3, -0.25) is 9.36 Å². The lowest BCUT2D eigenvalue weighted by atomic mass is 10.1. The van der Waals surface area contributed by atoms with Gasteiger partial charge in [0.25, 0.3) is 5.56 Å². The molecule has 0 atom stereocenters. The van der Waals surface area contributed by atoms with Crippen molar-refractivity contribution in [1.29, 1.82) is 0 Å². The number of hydrogen-bond acceptors (Lipinski definition) is 2. The Bertz CT molecular complexity index is 670. The highest BCUT2D eigenvalue weighted by atomic mass is 19.1. The van der Waals surface area contributed by atoms with Gasteiger partial charge in [-0.1, -0.05) is 0 Å². The molecule has 0 bridgehead atoms. The van der Waals surface area contributed by atoms with Gasteiger partial charge in [0.05, 0.1) is 10.9 Å². The average molecular weight is 222 g/mol. The Labute approximate surface area is 90.3 Å². The van der Waals surface area contributed by atoms with Crippen LogP contribution in [-0.4, -0.2) is 9.55 Å². The van der Waals surface area contributed by atoms with E-state index in [2.05, 4.69) is 4.98 Å². The van der Waals surface area contributed by atoms with Gasteiger partial charge in [-0.15, -0.1) is 0 Å². The van der Waals surface area contributed by atoms with Crippen LogP contribution in [-0.2, 0) is 6.54 Å². The van der Waals surface area contributed by atoms with Crippen LogP contribution in [0.15, 0.2) is 21.7 Å². The van der Waals surface area contributed by atoms with Crippen LogP contribution in [0.5, 0.6) is 0 Å². The molecule has 0 amide bonds. The molecule has 1 aromatic carbocycles. The molecule has 4 nitrogen and oxygen atoms in total. The Balaban J connectivity index is 3.00. The Kier molecular flexibility index (Phi) is 2.38. The number of aromatic amines is 1. The Morgan fingerprint density at radius 3 is 2.69 bits per heavy atom. The fourth-order valence-electron chi connectivity index (χ4n) is 1.67. The number of H-pyrrole nitrogens is 1. The van der Waals surface area contributed by atoms with Gasteiger partial charge < -0.3 is 4.98 Å². The maximum absolute atomic E-state index is 13.3. The van der Waals surface area contributed by atoms with Gasteiger partial charge in [0.15, 0.2) is 0 Å². The molecule has 0 unspecified atom stereocenters. The number of benzene rings is 1. The molecule has 2 rings (SSSR count). The third-order valence-electron chi connectivity index (χ3n) is 2.58. The van der Waals surface area contributed by atoms with E-state index in [0.717, 1.165) is 4.57 Å². The molecule has 0 saturated carbocycles. The summed E-state index contributed by atoms with van der Waals surface area (Å²) in [5.41, 5.74) is -0.269. The Hall–Kier alpha value is -1.91. The van der Waals surface area contributed by atoms with Crippen LogP contribution in [0.1, 0.15) is 12.5 Å². The second-order valence-corrected chi connectivity index (χ2v) is 3.63. The maximum Gasteiger partial charge on any atom is 0.328 e. The van der Waals surface area contributed by atoms with Gasteiger partial charge >= 0.3 is 5.69 Å². The SMILES string of the molecule is CCn1c(=O)[nH]c2cc(F)c(C)cc2c1=O. The molecule has 0 fully saturated rings. The van der Waals surface area contributed by atoms with Crippen LogP contribution in [0, 0.1) is 12.7 Å². The monoisotopic (exact) mass is 222 g/mol. The fraction of sp³-hybridized carbons (Fsp3) is 0.273. The van der Waals surface area contributed by atoms with Crippen molar-refractivity contribution in [3.63, 3.8) is 0 Å². The van der Waals surface area contributed by atoms with Gasteiger partial charge in [-0.05, 0) is 31.5 Å². The van der Waals surface area contributed by atoms with E-state index in [-0.39, 0.29) is 11.1 Å². The van der Waals surface area contributed by atoms with Crippen molar-refractivity contribution in [3.05, 3.63) is 44.4 Å². The molecule has 1 aromatic heterocycles. The first kappa shape index (κ1) is 10.6. The van der Waals surface area contributed by atoms with Crippen LogP contribution in [0.4, 0.5) is 4.39 Å². The predicted molar refractivity (Wildman–Crippen MR) is 59.2 cm³/mol. The van der Waals surface area contributed by atoms with E-state index in [1.54, 1.807) is 13.8 Å². The van der Waals surface area contributed by atoms with Crippen molar-refractivity contribution in [2.45, 2.75) is 20.4 Å². The molecule has 0 aliphatic rings. The zero-order chi connectivity index (χ0) is 11.9. The molecule has 16 heavy (non-hydrogen) atoms. The molecule has 0 aliphatic heterocycles. The minimum atomic E-state index is -0.511. The van der Waals surface area contributed by atoms with Crippen molar-refractivity contribution >= 4 is 10.9 Å². The Morgan fingerprint density at radius 1 is 1.38 bits per heavy atom. The quantitative estimate of drug-likeness (QED) is 0.787. The standard InChI is InChI=1S/C11H11FN2O2/c1-3-14-10(15)7-4-6(2)8(12)5-9(7)13-11(14)16/h4-5H,3H2,1-2H3,(H,13,16). The fourth-order valence-corrected chi connectivity index (χ4v) is 1.67. The van der Waals surface area contributed by atoms with E-state index < -0.39 is 11.5 Å². The number of halogens is 1. The van der Waals surface area contributed by atoms with Crippen LogP contribution in [0.2, 0.25) is 0 Å². The number of nitrogens with one attached hydrogen (secondary N) is 1. The summed E-state index contributed by atoms with van der Waals surface area (Å²) < 4.78 is 14.3. The molecule has 0 saturated heterocycles. The summed E-state index contributed by atoms with van der Waals surface area (Å²) >= 11 is 0. The zero-order valence-corrected chi connectivity index (χ0v) is 9.00. The molecule has 0 aliphatic carbocycles. The third-order valence-corrected chi connectivity index (χ3v) is 2.58. The number of hydrogen-bond donors (Lipinski definition) is 1. The second-order valence-electron chi connectivity index (χ2n) is 3.63. The largest absolute Gasteiger partial charge is 0.328 e. The molecule has 0 radical (unpaired) electrons. The number of fused-ring (bicyclic) bond motifs is 1. The van der Waals surface area contributed by atoms with E-state index in [1.165, 1.54) is 12.1 Å². The summed E-state index contributed by atoms with van der Waals surface area (Å²) in [4.78, 5) is 25.8. The zero-order valence-electron chi connectivity index (χ0n) is 9.00. The topological polar surface area (TPSA) is 54.9 Å². The van der Waals surface area contributed by atoms with Crippen LogP contribution in [0.25, 0.3) is 10.9 Å². The molecular weight excluding hydrogens is 211 g/mol. The van der Waals surface area contributed by atoms with E-state index in [9.17, 15) is 14.0 Å². The smallest absolute Gasteiger partial charge is 0.307 e. The van der Waals surface area contributed by atoms with Crippen LogP contribution < -0.4 is 11.2 Å². The van der Waals surface area contributed by atoms with Gasteiger partial charge in [0.2, 0.25) is 0 Å². The van der Waals surface area contributed by atoms with Crippen molar-refractivity contribution in [1.82, 2.24) is 9.55 Å². The lowest BCUT2D eigenvalue weighted by Crippen LogP contribution is -2.34. The highest BCUT2D eigenvalue weighted by molar-refractivity contribution is 5.78. The van der Waals surface area contributed by atoms with Gasteiger partial charge in [0, 0.05) is 6.54 Å². The first-order valence-corrected chi connectivity index (χ1v) is 4.97. The highest BCUT2D eigenvalue weighted by Crippen LogP contribution is 2.12. The third kappa shape index (κ3) is 1.44. The summed E-state index contributed by atoms with van der Waals surface area (Å²) in [6.45, 7) is 3.58. The van der Waals surface area contributed by atoms with Gasteiger partial charge in [0.1, 0.15) is 5.82 Å². The molecule has 1 N–H and O–H groups in total. The van der Waals surface area contributed by atoms with Crippen LogP contribution >= 0.6 is 0 Å². The number of rotatable bonds is 1. The summed E-state index contributed by atoms with van der Waals surface area (Å²) in [6.07, 6.45) is 0. The van der Waals surface area contributed by atoms with E-state index in [4.69, 9.17) is 0 Å². The summed E-state index contributed by atoms with van der Waals surface area (Å²) in [5, 5.41) is 0.334. The highest BCUT2D eigenvalue weighted by Gasteiger charge is 2.08. The lowest BCUT2D eigenvalue weighted by molar-refractivity contribution is 0.619. The van der Waals surface area contributed by atoms with Crippen molar-refractivity contribution in [2.75, 3.05) is 0 Å². The second kappa shape index (κ2) is 3.59. The first-order valence-electron chi connectivity index (χ1n) is 4.97. The normalized spacial score (nSPS) is 10.9. The number of aromatic nitrogens is 2. The number of aryl methyl sites for hydroxylation is 1. The van der Waals surface area contributed by atoms with E-state index >= 15 is 0 Å². The summed E-state index contributed by atoms with van der Waals surface area (Å²) in [5.74, 6) is -0.434. The van der Waals surface area contributed by atoms with Crippen LogP contribution in [0.3, 0.4) is 0 Å². The minimum absolute atomic E-state index is 0.239. The molecular formula is C11H11FN2O2. The first-order chi connectivity index (χ1) is 7.54. The molecule has 0 spiro atoms. The maximum atomic E-state index is 13.3. The number of nitrogens with zero attached hydrogens (tertiary/aromatic N) is 1. The van der Waals surface area contributed by atoms with Gasteiger partial charge in [-0.2, -0.15) is 0 Å². The van der Waals surface area contributed by atoms with Crippen molar-refractivity contribution < 1.29 is 4.39 Å². The van der Waals surface area contributed by atoms with Crippen molar-refractivity contribution in [3.8, 4) is 0 Å². The van der Waals surface area contributed by atoms with E-state index in [0.29, 0.717) is 17.5 Å². The Morgan fingerprint density at radius 2 is 2.06 bits per heavy atom. The summed E-state index contributed by atoms with van der Waals surface area (Å²) in [7, 11) is 0. The molecule has 1 heterocycles. The molecule has 84 valence electrons. The summed E-state index contributed by atoms with van der Waals surface area (Å²) in [6, 6.07) is 2.63. The molecule has 5 heteroatoms. The minimum Gasteiger partial charge on any atom is -0.307 e. The molecule has 2 aromatic rings. The predicted octanol–water partition coefficient (Wildman–Crippen LogP) is 1.16. The lowest BCUT2D eigenvalue weighted by Gasteiger charge is -2.04. The van der Waals surface area contributed by atoms with E-state index in [1.807, 2.05) is 0 Å². The van der Waals surface area contributed by atoms with Gasteiger partial charge in [-0.25, -0.2) is 9.18 Å².